The molecule has 0 unspecified atom stereocenters. The Bertz CT molecular complexity index is 1090. The van der Waals surface area contributed by atoms with E-state index in [1.165, 1.54) is 0 Å². The third-order valence-corrected chi connectivity index (χ3v) is 4.24. The molecule has 0 spiro atoms. The van der Waals surface area contributed by atoms with Gasteiger partial charge >= 0.3 is 0 Å². The standard InChI is InChI=1S/C13H8F2N6OS/c1-3-6-8-7(4(14)2-5(22)9(8)15)10(17-11(6)19-18-3)12-20-21-13(16)23-12/h2,22H,1H3,(H2,16,21)(H,17,18,19). The average Bonchev–Trinajstić information content (AvgIpc) is 3.10. The van der Waals surface area contributed by atoms with Crippen molar-refractivity contribution in [2.24, 2.45) is 0 Å². The van der Waals surface area contributed by atoms with Crippen LogP contribution in [0.25, 0.3) is 32.5 Å². The van der Waals surface area contributed by atoms with Crippen LogP contribution < -0.4 is 5.73 Å². The maximum atomic E-state index is 14.5. The first kappa shape index (κ1) is 13.8. The van der Waals surface area contributed by atoms with Crippen molar-refractivity contribution in [3.8, 4) is 16.5 Å². The number of nitrogens with two attached hydrogens (primary N) is 1. The number of nitrogen functional groups attached to an aromatic ring is 1. The van der Waals surface area contributed by atoms with Gasteiger partial charge in [0.05, 0.1) is 16.5 Å². The number of aromatic hydroxyl groups is 1. The summed E-state index contributed by atoms with van der Waals surface area (Å²) in [5.74, 6) is -2.56. The SMILES string of the molecule is Cc1n[nH]c2nc(-c3nnc(N)s3)c3c(F)cc(O)c(F)c3c12. The number of halogens is 2. The number of nitrogens with zero attached hydrogens (tertiary/aromatic N) is 4. The summed E-state index contributed by atoms with van der Waals surface area (Å²) in [6, 6.07) is 0.703. The van der Waals surface area contributed by atoms with Gasteiger partial charge in [-0.05, 0) is 6.92 Å². The quantitative estimate of drug-likeness (QED) is 0.493. The third kappa shape index (κ3) is 1.84. The van der Waals surface area contributed by atoms with Gasteiger partial charge in [0.2, 0.25) is 5.13 Å². The Labute approximate surface area is 130 Å². The second-order valence-corrected chi connectivity index (χ2v) is 5.89. The third-order valence-electron chi connectivity index (χ3n) is 3.48. The molecular weight excluding hydrogens is 326 g/mol. The zero-order valence-corrected chi connectivity index (χ0v) is 12.4. The lowest BCUT2D eigenvalue weighted by Gasteiger charge is -2.08. The van der Waals surface area contributed by atoms with E-state index >= 15 is 0 Å². The number of aromatic amines is 1. The first-order chi connectivity index (χ1) is 11.0. The molecule has 0 aliphatic carbocycles. The number of phenols is 1. The molecule has 0 saturated heterocycles. The maximum Gasteiger partial charge on any atom is 0.203 e. The van der Waals surface area contributed by atoms with E-state index in [0.29, 0.717) is 17.1 Å². The van der Waals surface area contributed by atoms with E-state index in [0.717, 1.165) is 11.3 Å². The van der Waals surface area contributed by atoms with E-state index in [-0.39, 0.29) is 32.3 Å². The predicted molar refractivity (Wildman–Crippen MR) is 81.0 cm³/mol. The minimum absolute atomic E-state index is 0.0850. The van der Waals surface area contributed by atoms with Gasteiger partial charge < -0.3 is 10.8 Å². The molecule has 1 aromatic carbocycles. The topological polar surface area (TPSA) is 114 Å². The smallest absolute Gasteiger partial charge is 0.203 e. The highest BCUT2D eigenvalue weighted by Crippen LogP contribution is 2.39. The highest BCUT2D eigenvalue weighted by molar-refractivity contribution is 7.18. The Morgan fingerprint density at radius 1 is 1.22 bits per heavy atom. The summed E-state index contributed by atoms with van der Waals surface area (Å²) < 4.78 is 29.0. The van der Waals surface area contributed by atoms with Crippen LogP contribution in [-0.2, 0) is 0 Å². The molecule has 0 amide bonds. The summed E-state index contributed by atoms with van der Waals surface area (Å²) in [4.78, 5) is 4.29. The van der Waals surface area contributed by atoms with Crippen LogP contribution in [0.1, 0.15) is 5.69 Å². The number of pyridine rings is 1. The molecule has 7 nitrogen and oxygen atoms in total. The molecule has 0 atom stereocenters. The Balaban J connectivity index is 2.29. The van der Waals surface area contributed by atoms with Gasteiger partial charge in [0.15, 0.2) is 22.2 Å². The van der Waals surface area contributed by atoms with Crippen molar-refractivity contribution in [3.63, 3.8) is 0 Å². The molecule has 0 radical (unpaired) electrons. The number of H-pyrrole nitrogens is 1. The monoisotopic (exact) mass is 334 g/mol. The van der Waals surface area contributed by atoms with Crippen molar-refractivity contribution >= 4 is 38.3 Å². The average molecular weight is 334 g/mol. The van der Waals surface area contributed by atoms with Gasteiger partial charge in [-0.3, -0.25) is 5.10 Å². The van der Waals surface area contributed by atoms with Crippen LogP contribution in [0.3, 0.4) is 0 Å². The van der Waals surface area contributed by atoms with Gasteiger partial charge in [0.1, 0.15) is 11.5 Å². The van der Waals surface area contributed by atoms with Crippen molar-refractivity contribution in [2.75, 3.05) is 5.73 Å². The van der Waals surface area contributed by atoms with Gasteiger partial charge in [-0.2, -0.15) is 5.10 Å². The van der Waals surface area contributed by atoms with Crippen molar-refractivity contribution in [1.82, 2.24) is 25.4 Å². The molecular formula is C13H8F2N6OS. The Hall–Kier alpha value is -2.88. The number of aromatic nitrogens is 5. The van der Waals surface area contributed by atoms with Crippen LogP contribution in [0, 0.1) is 18.6 Å². The summed E-state index contributed by atoms with van der Waals surface area (Å²) >= 11 is 0.997. The van der Waals surface area contributed by atoms with Crippen molar-refractivity contribution < 1.29 is 13.9 Å². The molecule has 23 heavy (non-hydrogen) atoms. The lowest BCUT2D eigenvalue weighted by atomic mass is 10.0. The van der Waals surface area contributed by atoms with Crippen molar-refractivity contribution in [3.05, 3.63) is 23.4 Å². The molecule has 0 aliphatic rings. The molecule has 3 heterocycles. The molecule has 4 N–H and O–H groups in total. The van der Waals surface area contributed by atoms with Crippen LogP contribution in [-0.4, -0.2) is 30.5 Å². The summed E-state index contributed by atoms with van der Waals surface area (Å²) in [5.41, 5.74) is 6.33. The van der Waals surface area contributed by atoms with Gasteiger partial charge in [-0.15, -0.1) is 10.2 Å². The number of phenolic OH excluding ortho intramolecular Hbond substituents is 1. The Kier molecular flexibility index (Phi) is 2.73. The summed E-state index contributed by atoms with van der Waals surface area (Å²) in [7, 11) is 0. The highest BCUT2D eigenvalue weighted by Gasteiger charge is 2.24. The number of aryl methyl sites for hydroxylation is 1. The van der Waals surface area contributed by atoms with Crippen LogP contribution >= 0.6 is 11.3 Å². The fraction of sp³-hybridized carbons (Fsp3) is 0.0769. The molecule has 0 aliphatic heterocycles. The van der Waals surface area contributed by atoms with E-state index in [1.807, 2.05) is 0 Å². The van der Waals surface area contributed by atoms with Crippen LogP contribution in [0.2, 0.25) is 0 Å². The summed E-state index contributed by atoms with van der Waals surface area (Å²) in [6.45, 7) is 1.63. The second-order valence-electron chi connectivity index (χ2n) is 4.88. The maximum absolute atomic E-state index is 14.5. The summed E-state index contributed by atoms with van der Waals surface area (Å²) in [5, 5.41) is 24.3. The Morgan fingerprint density at radius 2 is 2.00 bits per heavy atom. The van der Waals surface area contributed by atoms with E-state index in [9.17, 15) is 13.9 Å². The number of benzene rings is 1. The first-order valence-electron chi connectivity index (χ1n) is 6.42. The highest BCUT2D eigenvalue weighted by atomic mass is 32.1. The van der Waals surface area contributed by atoms with Crippen molar-refractivity contribution in [2.45, 2.75) is 6.92 Å². The van der Waals surface area contributed by atoms with E-state index in [1.54, 1.807) is 6.92 Å². The van der Waals surface area contributed by atoms with Gasteiger partial charge in [-0.1, -0.05) is 11.3 Å². The number of hydrogen-bond donors (Lipinski definition) is 3. The van der Waals surface area contributed by atoms with Crippen molar-refractivity contribution in [1.29, 1.82) is 0 Å². The number of fused-ring (bicyclic) bond motifs is 3. The van der Waals surface area contributed by atoms with Gasteiger partial charge in [0.25, 0.3) is 0 Å². The number of rotatable bonds is 1. The first-order valence-corrected chi connectivity index (χ1v) is 7.23. The Morgan fingerprint density at radius 3 is 2.70 bits per heavy atom. The van der Waals surface area contributed by atoms with E-state index < -0.39 is 17.4 Å². The van der Waals surface area contributed by atoms with Crippen LogP contribution in [0.4, 0.5) is 13.9 Å². The molecule has 0 bridgehead atoms. The number of anilines is 1. The minimum Gasteiger partial charge on any atom is -0.505 e. The van der Waals surface area contributed by atoms with Gasteiger partial charge in [-0.25, -0.2) is 13.8 Å². The molecule has 0 saturated carbocycles. The fourth-order valence-corrected chi connectivity index (χ4v) is 3.14. The lowest BCUT2D eigenvalue weighted by molar-refractivity contribution is 0.431. The van der Waals surface area contributed by atoms with Crippen LogP contribution in [0.5, 0.6) is 5.75 Å². The van der Waals surface area contributed by atoms with E-state index in [2.05, 4.69) is 25.4 Å². The zero-order valence-electron chi connectivity index (χ0n) is 11.6. The predicted octanol–water partition coefficient (Wildman–Crippen LogP) is 2.50. The molecule has 10 heteroatoms. The zero-order chi connectivity index (χ0) is 16.3. The fourth-order valence-electron chi connectivity index (χ4n) is 2.53. The summed E-state index contributed by atoms with van der Waals surface area (Å²) in [6.07, 6.45) is 0. The molecule has 4 aromatic rings. The molecule has 116 valence electrons. The number of nitrogens with one attached hydrogen (secondary N) is 1. The van der Waals surface area contributed by atoms with Crippen LogP contribution in [0.15, 0.2) is 6.07 Å². The van der Waals surface area contributed by atoms with Gasteiger partial charge in [0, 0.05) is 11.5 Å². The number of hydrogen-bond acceptors (Lipinski definition) is 7. The second kappa shape index (κ2) is 4.56. The molecule has 3 aromatic heterocycles. The largest absolute Gasteiger partial charge is 0.505 e. The minimum atomic E-state index is -0.947. The molecule has 4 rings (SSSR count). The normalized spacial score (nSPS) is 11.6. The lowest BCUT2D eigenvalue weighted by Crippen LogP contribution is -1.95. The van der Waals surface area contributed by atoms with E-state index in [4.69, 9.17) is 5.73 Å². The molecule has 0 fully saturated rings.